The maximum absolute atomic E-state index is 13.5. The van der Waals surface area contributed by atoms with Crippen LogP contribution in [0.25, 0.3) is 5.76 Å². The number of amides is 1. The molecule has 1 saturated heterocycles. The van der Waals surface area contributed by atoms with Crippen LogP contribution < -0.4 is 14.4 Å². The van der Waals surface area contributed by atoms with Crippen molar-refractivity contribution in [2.24, 2.45) is 0 Å². The number of halogens is 1. The van der Waals surface area contributed by atoms with Gasteiger partial charge in [0.05, 0.1) is 24.3 Å². The number of para-hydroxylation sites is 2. The molecule has 1 aliphatic rings. The van der Waals surface area contributed by atoms with Gasteiger partial charge in [-0.3, -0.25) is 14.5 Å². The number of methoxy groups -OCH3 is 1. The molecule has 0 saturated carbocycles. The fraction of sp³-hybridized carbons (Fsp3) is 0.0968. The third kappa shape index (κ3) is 4.62. The van der Waals surface area contributed by atoms with E-state index in [4.69, 9.17) is 21.1 Å². The molecule has 190 valence electrons. The first-order valence-corrected chi connectivity index (χ1v) is 12.3. The largest absolute Gasteiger partial charge is 0.507 e. The molecule has 1 aliphatic heterocycles. The maximum Gasteiger partial charge on any atom is 0.300 e. The summed E-state index contributed by atoms with van der Waals surface area (Å²) >= 11 is 6.22. The Bertz CT molecular complexity index is 1560. The first kappa shape index (κ1) is 25.1. The highest BCUT2D eigenvalue weighted by atomic mass is 35.5. The maximum atomic E-state index is 13.5. The summed E-state index contributed by atoms with van der Waals surface area (Å²) < 4.78 is 11.4. The lowest BCUT2D eigenvalue weighted by molar-refractivity contribution is -0.132. The Morgan fingerprint density at radius 3 is 2.32 bits per heavy atom. The van der Waals surface area contributed by atoms with E-state index >= 15 is 0 Å². The van der Waals surface area contributed by atoms with Crippen molar-refractivity contribution in [3.8, 4) is 17.2 Å². The van der Waals surface area contributed by atoms with Crippen LogP contribution in [0.15, 0.2) is 103 Å². The van der Waals surface area contributed by atoms with Gasteiger partial charge in [-0.05, 0) is 66.6 Å². The van der Waals surface area contributed by atoms with Crippen LogP contribution in [-0.2, 0) is 9.59 Å². The number of hydrogen-bond acceptors (Lipinski definition) is 5. The Hall–Kier alpha value is -4.55. The Kier molecular flexibility index (Phi) is 6.90. The summed E-state index contributed by atoms with van der Waals surface area (Å²) in [5.74, 6) is -0.467. The summed E-state index contributed by atoms with van der Waals surface area (Å²) in [7, 11) is 1.45. The van der Waals surface area contributed by atoms with Crippen molar-refractivity contribution < 1.29 is 24.2 Å². The van der Waals surface area contributed by atoms with Gasteiger partial charge in [-0.25, -0.2) is 0 Å². The van der Waals surface area contributed by atoms with Crippen LogP contribution in [0.2, 0.25) is 5.02 Å². The van der Waals surface area contributed by atoms with Crippen LogP contribution in [0.3, 0.4) is 0 Å². The second kappa shape index (κ2) is 10.4. The molecule has 7 heteroatoms. The van der Waals surface area contributed by atoms with Crippen molar-refractivity contribution in [1.82, 2.24) is 0 Å². The molecule has 0 bridgehead atoms. The van der Waals surface area contributed by atoms with E-state index in [1.165, 1.54) is 18.1 Å². The smallest absolute Gasteiger partial charge is 0.300 e. The molecule has 4 aromatic rings. The minimum Gasteiger partial charge on any atom is -0.507 e. The predicted molar refractivity (Wildman–Crippen MR) is 147 cm³/mol. The fourth-order valence-corrected chi connectivity index (χ4v) is 4.79. The van der Waals surface area contributed by atoms with Crippen LogP contribution in [0.4, 0.5) is 5.69 Å². The molecule has 0 aliphatic carbocycles. The molecule has 1 unspecified atom stereocenters. The zero-order valence-electron chi connectivity index (χ0n) is 20.7. The standard InChI is InChI=1S/C31H24ClNO5/c1-19-9-6-7-14-25(19)33-28(20-10-8-13-23(17-20)38-22-11-4-3-5-12-22)27(30(35)31(33)36)29(34)24-18-21(32)15-16-26(24)37-2/h3-18,28,34H,1-2H3/b29-27+. The molecule has 5 rings (SSSR count). The van der Waals surface area contributed by atoms with E-state index in [1.807, 2.05) is 49.4 Å². The van der Waals surface area contributed by atoms with E-state index in [2.05, 4.69) is 0 Å². The van der Waals surface area contributed by atoms with Crippen molar-refractivity contribution in [3.05, 3.63) is 124 Å². The van der Waals surface area contributed by atoms with Crippen molar-refractivity contribution in [1.29, 1.82) is 0 Å². The van der Waals surface area contributed by atoms with Gasteiger partial charge < -0.3 is 14.6 Å². The summed E-state index contributed by atoms with van der Waals surface area (Å²) in [4.78, 5) is 28.5. The van der Waals surface area contributed by atoms with Gasteiger partial charge in [0.1, 0.15) is 23.0 Å². The van der Waals surface area contributed by atoms with E-state index in [0.717, 1.165) is 5.56 Å². The van der Waals surface area contributed by atoms with Crippen LogP contribution >= 0.6 is 11.6 Å². The zero-order chi connectivity index (χ0) is 26.8. The van der Waals surface area contributed by atoms with Crippen molar-refractivity contribution in [2.75, 3.05) is 12.0 Å². The fourth-order valence-electron chi connectivity index (χ4n) is 4.61. The minimum absolute atomic E-state index is 0.0734. The van der Waals surface area contributed by atoms with E-state index in [1.54, 1.807) is 48.5 Å². The van der Waals surface area contributed by atoms with Crippen LogP contribution in [-0.4, -0.2) is 23.9 Å². The number of rotatable bonds is 6. The van der Waals surface area contributed by atoms with E-state index in [-0.39, 0.29) is 16.9 Å². The third-order valence-electron chi connectivity index (χ3n) is 6.39. The van der Waals surface area contributed by atoms with E-state index in [0.29, 0.717) is 33.5 Å². The average Bonchev–Trinajstić information content (AvgIpc) is 3.19. The Morgan fingerprint density at radius 1 is 0.868 bits per heavy atom. The second-order valence-corrected chi connectivity index (χ2v) is 9.22. The SMILES string of the molecule is COc1ccc(Cl)cc1/C(O)=C1\C(=O)C(=O)N(c2ccccc2C)C1c1cccc(Oc2ccccc2)c1. The van der Waals surface area contributed by atoms with Crippen LogP contribution in [0.5, 0.6) is 17.2 Å². The molecule has 1 fully saturated rings. The Labute approximate surface area is 225 Å². The Balaban J connectivity index is 1.72. The highest BCUT2D eigenvalue weighted by Gasteiger charge is 2.47. The molecule has 1 N–H and O–H groups in total. The third-order valence-corrected chi connectivity index (χ3v) is 6.62. The topological polar surface area (TPSA) is 76.1 Å². The summed E-state index contributed by atoms with van der Waals surface area (Å²) in [6.45, 7) is 1.86. The van der Waals surface area contributed by atoms with Crippen molar-refractivity contribution >= 4 is 34.7 Å². The molecule has 6 nitrogen and oxygen atoms in total. The lowest BCUT2D eigenvalue weighted by Gasteiger charge is -2.27. The van der Waals surface area contributed by atoms with Gasteiger partial charge >= 0.3 is 0 Å². The zero-order valence-corrected chi connectivity index (χ0v) is 21.5. The molecule has 1 atom stereocenters. The van der Waals surface area contributed by atoms with E-state index < -0.39 is 17.7 Å². The number of carbonyl (C=O) groups is 2. The number of aryl methyl sites for hydroxylation is 1. The quantitative estimate of drug-likeness (QED) is 0.165. The predicted octanol–water partition coefficient (Wildman–Crippen LogP) is 7.08. The number of aliphatic hydroxyl groups excluding tert-OH is 1. The average molecular weight is 526 g/mol. The van der Waals surface area contributed by atoms with E-state index in [9.17, 15) is 14.7 Å². The number of aliphatic hydroxyl groups is 1. The van der Waals surface area contributed by atoms with Gasteiger partial charge in [0.15, 0.2) is 0 Å². The molecule has 38 heavy (non-hydrogen) atoms. The molecule has 0 spiro atoms. The normalized spacial score (nSPS) is 16.5. The van der Waals surface area contributed by atoms with Gasteiger partial charge in [0, 0.05) is 10.7 Å². The molecule has 1 amide bonds. The summed E-state index contributed by atoms with van der Waals surface area (Å²) in [6.07, 6.45) is 0. The summed E-state index contributed by atoms with van der Waals surface area (Å²) in [5, 5.41) is 11.9. The van der Waals surface area contributed by atoms with Gasteiger partial charge in [-0.1, -0.05) is 60.1 Å². The first-order chi connectivity index (χ1) is 18.4. The molecular weight excluding hydrogens is 502 g/mol. The number of hydrogen-bond donors (Lipinski definition) is 1. The van der Waals surface area contributed by atoms with Crippen LogP contribution in [0, 0.1) is 6.92 Å². The minimum atomic E-state index is -0.931. The number of carbonyl (C=O) groups excluding carboxylic acids is 2. The highest BCUT2D eigenvalue weighted by molar-refractivity contribution is 6.52. The lowest BCUT2D eigenvalue weighted by Crippen LogP contribution is -2.30. The molecule has 0 aromatic heterocycles. The van der Waals surface area contributed by atoms with Gasteiger partial charge in [0.25, 0.3) is 11.7 Å². The number of ketones is 1. The van der Waals surface area contributed by atoms with Crippen LogP contribution in [0.1, 0.15) is 22.7 Å². The monoisotopic (exact) mass is 525 g/mol. The van der Waals surface area contributed by atoms with Gasteiger partial charge in [0.2, 0.25) is 0 Å². The highest BCUT2D eigenvalue weighted by Crippen LogP contribution is 2.45. The number of ether oxygens (including phenoxy) is 2. The number of anilines is 1. The summed E-state index contributed by atoms with van der Waals surface area (Å²) in [6, 6.07) is 27.5. The summed E-state index contributed by atoms with van der Waals surface area (Å²) in [5.41, 5.74) is 2.09. The number of Topliss-reactive ketones (excluding diaryl/α,β-unsaturated/α-hetero) is 1. The lowest BCUT2D eigenvalue weighted by atomic mass is 9.94. The van der Waals surface area contributed by atoms with Gasteiger partial charge in [-0.15, -0.1) is 0 Å². The first-order valence-electron chi connectivity index (χ1n) is 11.9. The molecule has 1 heterocycles. The molecule has 0 radical (unpaired) electrons. The van der Waals surface area contributed by atoms with Crippen molar-refractivity contribution in [3.63, 3.8) is 0 Å². The second-order valence-electron chi connectivity index (χ2n) is 8.79. The number of nitrogens with zero attached hydrogens (tertiary/aromatic N) is 1. The van der Waals surface area contributed by atoms with Crippen molar-refractivity contribution in [2.45, 2.75) is 13.0 Å². The molecule has 4 aromatic carbocycles. The molecular formula is C31H24ClNO5. The number of benzene rings is 4. The Morgan fingerprint density at radius 2 is 1.58 bits per heavy atom. The van der Waals surface area contributed by atoms with Gasteiger partial charge in [-0.2, -0.15) is 0 Å².